The molecule has 4 saturated carbocycles. The zero-order chi connectivity index (χ0) is 17.7. The van der Waals surface area contributed by atoms with E-state index < -0.39 is 5.60 Å². The molecule has 4 atom stereocenters. The third-order valence-electron chi connectivity index (χ3n) is 7.15. The van der Waals surface area contributed by atoms with Crippen molar-refractivity contribution in [2.45, 2.75) is 70.9 Å². The van der Waals surface area contributed by atoms with E-state index in [2.05, 4.69) is 18.8 Å². The number of carbonyl (C=O) groups is 1. The highest BCUT2D eigenvalue weighted by molar-refractivity contribution is 5.83. The fourth-order valence-corrected chi connectivity index (χ4v) is 6.59. The van der Waals surface area contributed by atoms with Crippen LogP contribution in [0.25, 0.3) is 0 Å². The summed E-state index contributed by atoms with van der Waals surface area (Å²) in [7, 11) is 0. The number of carbonyl (C=O) groups excluding carboxylic acids is 1. The molecule has 136 valence electrons. The summed E-state index contributed by atoms with van der Waals surface area (Å²) in [5, 5.41) is 11.2. The molecule has 4 nitrogen and oxygen atoms in total. The molecule has 4 unspecified atom stereocenters. The first kappa shape index (κ1) is 17.0. The summed E-state index contributed by atoms with van der Waals surface area (Å²) in [6.45, 7) is 5.65. The molecule has 5 rings (SSSR count). The predicted octanol–water partition coefficient (Wildman–Crippen LogP) is 3.54. The summed E-state index contributed by atoms with van der Waals surface area (Å²) >= 11 is 0. The van der Waals surface area contributed by atoms with Gasteiger partial charge in [0.25, 0.3) is 0 Å². The van der Waals surface area contributed by atoms with Gasteiger partial charge in [0, 0.05) is 25.5 Å². The molecule has 4 heteroatoms. The molecule has 4 bridgehead atoms. The van der Waals surface area contributed by atoms with Gasteiger partial charge < -0.3 is 10.0 Å². The fourth-order valence-electron chi connectivity index (χ4n) is 6.59. The lowest BCUT2D eigenvalue weighted by atomic mass is 9.42. The molecule has 0 aliphatic heterocycles. The molecule has 0 spiro atoms. The molecular weight excluding hydrogens is 312 g/mol. The van der Waals surface area contributed by atoms with E-state index in [1.807, 2.05) is 17.0 Å². The van der Waals surface area contributed by atoms with Crippen molar-refractivity contribution in [3.63, 3.8) is 0 Å². The maximum Gasteiger partial charge on any atom is 0.229 e. The quantitative estimate of drug-likeness (QED) is 0.890. The van der Waals surface area contributed by atoms with Gasteiger partial charge in [0.05, 0.1) is 11.0 Å². The van der Waals surface area contributed by atoms with Crippen molar-refractivity contribution in [1.82, 2.24) is 9.88 Å². The van der Waals surface area contributed by atoms with Gasteiger partial charge in [0.15, 0.2) is 0 Å². The monoisotopic (exact) mass is 342 g/mol. The van der Waals surface area contributed by atoms with Gasteiger partial charge in [-0.2, -0.15) is 0 Å². The molecule has 1 aromatic heterocycles. The number of rotatable bonds is 5. The van der Waals surface area contributed by atoms with Crippen LogP contribution in [0.3, 0.4) is 0 Å². The first-order valence-corrected chi connectivity index (χ1v) is 9.82. The highest BCUT2D eigenvalue weighted by atomic mass is 16.3. The first-order valence-electron chi connectivity index (χ1n) is 9.82. The molecule has 4 fully saturated rings. The van der Waals surface area contributed by atoms with Gasteiger partial charge in [-0.1, -0.05) is 13.3 Å². The number of aromatic nitrogens is 1. The number of pyridine rings is 1. The van der Waals surface area contributed by atoms with Crippen LogP contribution in [0, 0.1) is 16.7 Å². The second kappa shape index (κ2) is 5.80. The third kappa shape index (κ3) is 2.79. The van der Waals surface area contributed by atoms with E-state index >= 15 is 0 Å². The van der Waals surface area contributed by atoms with Crippen molar-refractivity contribution in [1.29, 1.82) is 0 Å². The second-order valence-electron chi connectivity index (χ2n) is 9.04. The Morgan fingerprint density at radius 1 is 1.20 bits per heavy atom. The highest BCUT2D eigenvalue weighted by Gasteiger charge is 2.65. The van der Waals surface area contributed by atoms with Crippen molar-refractivity contribution >= 4 is 5.91 Å². The largest absolute Gasteiger partial charge is 0.390 e. The Labute approximate surface area is 150 Å². The summed E-state index contributed by atoms with van der Waals surface area (Å²) in [4.78, 5) is 19.7. The van der Waals surface area contributed by atoms with Gasteiger partial charge in [-0.3, -0.25) is 9.78 Å². The molecule has 1 N–H and O–H groups in total. The fraction of sp³-hybridized carbons (Fsp3) is 0.714. The highest BCUT2D eigenvalue weighted by Crippen LogP contribution is 2.68. The molecule has 1 aromatic rings. The Hall–Kier alpha value is -1.42. The smallest absolute Gasteiger partial charge is 0.229 e. The minimum absolute atomic E-state index is 0.180. The molecule has 0 aromatic carbocycles. The standard InChI is InChI=1S/C21H30N2O2/c1-3-19-9-17-10-20(13-19,15-21(25,11-17)14-19)18(24)23(4-2)12-16-5-7-22-8-6-16/h5-8,17,25H,3-4,9-15H2,1-2H3. The molecule has 25 heavy (non-hydrogen) atoms. The van der Waals surface area contributed by atoms with Gasteiger partial charge in [0.1, 0.15) is 0 Å². The van der Waals surface area contributed by atoms with Crippen molar-refractivity contribution in [2.75, 3.05) is 6.54 Å². The Kier molecular flexibility index (Phi) is 3.95. The van der Waals surface area contributed by atoms with Crippen LogP contribution in [0.4, 0.5) is 0 Å². The normalized spacial score (nSPS) is 38.8. The molecule has 4 aliphatic carbocycles. The number of hydrogen-bond donors (Lipinski definition) is 1. The lowest BCUT2D eigenvalue weighted by Crippen LogP contribution is -2.64. The topological polar surface area (TPSA) is 53.4 Å². The number of amides is 1. The van der Waals surface area contributed by atoms with Crippen LogP contribution in [0.15, 0.2) is 24.5 Å². The lowest BCUT2D eigenvalue weighted by Gasteiger charge is -2.64. The van der Waals surface area contributed by atoms with Gasteiger partial charge >= 0.3 is 0 Å². The summed E-state index contributed by atoms with van der Waals surface area (Å²) in [6.07, 6.45) is 10.3. The first-order chi connectivity index (χ1) is 11.9. The maximum atomic E-state index is 13.6. The molecule has 1 amide bonds. The zero-order valence-corrected chi connectivity index (χ0v) is 15.5. The van der Waals surface area contributed by atoms with Crippen molar-refractivity contribution in [3.8, 4) is 0 Å². The van der Waals surface area contributed by atoms with Crippen LogP contribution in [0.2, 0.25) is 0 Å². The van der Waals surface area contributed by atoms with Gasteiger partial charge in [0.2, 0.25) is 5.91 Å². The van der Waals surface area contributed by atoms with Crippen molar-refractivity contribution in [3.05, 3.63) is 30.1 Å². The zero-order valence-electron chi connectivity index (χ0n) is 15.5. The van der Waals surface area contributed by atoms with Crippen LogP contribution in [-0.4, -0.2) is 33.0 Å². The molecule has 0 radical (unpaired) electrons. The van der Waals surface area contributed by atoms with Gasteiger partial charge in [-0.15, -0.1) is 0 Å². The summed E-state index contributed by atoms with van der Waals surface area (Å²) < 4.78 is 0. The summed E-state index contributed by atoms with van der Waals surface area (Å²) in [5.74, 6) is 0.789. The van der Waals surface area contributed by atoms with Gasteiger partial charge in [-0.25, -0.2) is 0 Å². The van der Waals surface area contributed by atoms with Crippen LogP contribution < -0.4 is 0 Å². The Bertz CT molecular complexity index is 663. The van der Waals surface area contributed by atoms with E-state index in [-0.39, 0.29) is 16.7 Å². The number of aliphatic hydroxyl groups is 1. The maximum absolute atomic E-state index is 13.6. The average Bonchev–Trinajstić information content (AvgIpc) is 2.58. The van der Waals surface area contributed by atoms with E-state index in [1.54, 1.807) is 12.4 Å². The third-order valence-corrected chi connectivity index (χ3v) is 7.15. The number of hydrogen-bond acceptors (Lipinski definition) is 3. The van der Waals surface area contributed by atoms with Crippen LogP contribution in [0.1, 0.15) is 64.4 Å². The Morgan fingerprint density at radius 2 is 1.96 bits per heavy atom. The van der Waals surface area contributed by atoms with Crippen molar-refractivity contribution in [2.24, 2.45) is 16.7 Å². The molecule has 1 heterocycles. The van der Waals surface area contributed by atoms with E-state index in [4.69, 9.17) is 0 Å². The molecule has 0 saturated heterocycles. The van der Waals surface area contributed by atoms with E-state index in [1.165, 1.54) is 6.42 Å². The van der Waals surface area contributed by atoms with Crippen LogP contribution in [0.5, 0.6) is 0 Å². The SMILES string of the molecule is CCN(Cc1ccncc1)C(=O)C12CC3CC(O)(CC(CC)(C3)C1)C2. The summed E-state index contributed by atoms with van der Waals surface area (Å²) in [5.41, 5.74) is 0.354. The number of nitrogens with zero attached hydrogens (tertiary/aromatic N) is 2. The Morgan fingerprint density at radius 3 is 2.60 bits per heavy atom. The molecular formula is C21H30N2O2. The van der Waals surface area contributed by atoms with Crippen molar-refractivity contribution < 1.29 is 9.90 Å². The average molecular weight is 342 g/mol. The molecule has 4 aliphatic rings. The van der Waals surface area contributed by atoms with Gasteiger partial charge in [-0.05, 0) is 74.5 Å². The predicted molar refractivity (Wildman–Crippen MR) is 96.6 cm³/mol. The minimum Gasteiger partial charge on any atom is -0.390 e. The van der Waals surface area contributed by atoms with E-state index in [9.17, 15) is 9.90 Å². The Balaban J connectivity index is 1.62. The van der Waals surface area contributed by atoms with E-state index in [0.29, 0.717) is 25.4 Å². The van der Waals surface area contributed by atoms with Crippen LogP contribution in [-0.2, 0) is 11.3 Å². The lowest BCUT2D eigenvalue weighted by molar-refractivity contribution is -0.210. The minimum atomic E-state index is -0.610. The summed E-state index contributed by atoms with van der Waals surface area (Å²) in [6, 6.07) is 3.97. The second-order valence-corrected chi connectivity index (χ2v) is 9.04. The van der Waals surface area contributed by atoms with E-state index in [0.717, 1.165) is 37.7 Å². The van der Waals surface area contributed by atoms with Crippen LogP contribution >= 0.6 is 0 Å².